The first-order valence-corrected chi connectivity index (χ1v) is 5.85. The van der Waals surface area contributed by atoms with Gasteiger partial charge in [0, 0.05) is 29.6 Å². The van der Waals surface area contributed by atoms with Gasteiger partial charge in [0.2, 0.25) is 0 Å². The SMILES string of the molecule is CCn1cc(CBr)c(CBr)c1. The second kappa shape index (κ2) is 4.31. The summed E-state index contributed by atoms with van der Waals surface area (Å²) in [5.41, 5.74) is 2.76. The van der Waals surface area contributed by atoms with Crippen LogP contribution in [0.15, 0.2) is 12.4 Å². The minimum absolute atomic E-state index is 0.945. The summed E-state index contributed by atoms with van der Waals surface area (Å²) in [6.07, 6.45) is 4.37. The van der Waals surface area contributed by atoms with Crippen LogP contribution >= 0.6 is 31.9 Å². The van der Waals surface area contributed by atoms with E-state index in [9.17, 15) is 0 Å². The molecule has 1 rings (SSSR count). The van der Waals surface area contributed by atoms with Crippen molar-refractivity contribution in [1.82, 2.24) is 4.57 Å². The Kier molecular flexibility index (Phi) is 3.66. The summed E-state index contributed by atoms with van der Waals surface area (Å²) >= 11 is 6.91. The average molecular weight is 281 g/mol. The first-order valence-electron chi connectivity index (χ1n) is 3.61. The lowest BCUT2D eigenvalue weighted by atomic mass is 10.2. The molecule has 0 aliphatic carbocycles. The molecule has 0 aliphatic rings. The molecule has 0 N–H and O–H groups in total. The minimum Gasteiger partial charge on any atom is -0.354 e. The first-order chi connectivity index (χ1) is 5.31. The van der Waals surface area contributed by atoms with Gasteiger partial charge in [0.15, 0.2) is 0 Å². The maximum absolute atomic E-state index is 3.46. The molecule has 0 atom stereocenters. The van der Waals surface area contributed by atoms with Gasteiger partial charge in [0.1, 0.15) is 0 Å². The smallest absolute Gasteiger partial charge is 0.0301 e. The molecule has 1 heterocycles. The zero-order chi connectivity index (χ0) is 8.27. The van der Waals surface area contributed by atoms with E-state index in [1.54, 1.807) is 0 Å². The number of hydrogen-bond donors (Lipinski definition) is 0. The fourth-order valence-corrected chi connectivity index (χ4v) is 2.04. The Balaban J connectivity index is 2.92. The van der Waals surface area contributed by atoms with Gasteiger partial charge in [-0.15, -0.1) is 0 Å². The van der Waals surface area contributed by atoms with E-state index in [4.69, 9.17) is 0 Å². The van der Waals surface area contributed by atoms with Gasteiger partial charge in [-0.3, -0.25) is 0 Å². The number of nitrogens with zero attached hydrogens (tertiary/aromatic N) is 1. The van der Waals surface area contributed by atoms with Crippen molar-refractivity contribution in [3.8, 4) is 0 Å². The summed E-state index contributed by atoms with van der Waals surface area (Å²) in [5, 5.41) is 1.89. The lowest BCUT2D eigenvalue weighted by Crippen LogP contribution is -1.86. The molecular formula is C8H11Br2N. The van der Waals surface area contributed by atoms with Crippen molar-refractivity contribution >= 4 is 31.9 Å². The molecule has 1 aromatic heterocycles. The van der Waals surface area contributed by atoms with Gasteiger partial charge in [0.25, 0.3) is 0 Å². The van der Waals surface area contributed by atoms with Crippen molar-refractivity contribution in [3.05, 3.63) is 23.5 Å². The Hall–Kier alpha value is 0.240. The van der Waals surface area contributed by atoms with Crippen molar-refractivity contribution < 1.29 is 0 Å². The highest BCUT2D eigenvalue weighted by atomic mass is 79.9. The monoisotopic (exact) mass is 279 g/mol. The molecule has 0 radical (unpaired) electrons. The predicted molar refractivity (Wildman–Crippen MR) is 55.4 cm³/mol. The highest BCUT2D eigenvalue weighted by Crippen LogP contribution is 2.16. The van der Waals surface area contributed by atoms with Crippen LogP contribution in [0.25, 0.3) is 0 Å². The molecule has 1 aromatic rings. The lowest BCUT2D eigenvalue weighted by molar-refractivity contribution is 0.766. The van der Waals surface area contributed by atoms with Crippen LogP contribution in [0.3, 0.4) is 0 Å². The molecule has 1 nitrogen and oxygen atoms in total. The summed E-state index contributed by atoms with van der Waals surface area (Å²) < 4.78 is 2.20. The largest absolute Gasteiger partial charge is 0.354 e. The zero-order valence-electron chi connectivity index (χ0n) is 6.48. The topological polar surface area (TPSA) is 4.93 Å². The molecule has 0 saturated heterocycles. The Morgan fingerprint density at radius 3 is 1.91 bits per heavy atom. The van der Waals surface area contributed by atoms with Crippen molar-refractivity contribution in [2.24, 2.45) is 0 Å². The minimum atomic E-state index is 0.945. The van der Waals surface area contributed by atoms with Gasteiger partial charge >= 0.3 is 0 Å². The van der Waals surface area contributed by atoms with Crippen LogP contribution in [-0.2, 0) is 17.2 Å². The van der Waals surface area contributed by atoms with Crippen LogP contribution < -0.4 is 0 Å². The Bertz CT molecular complexity index is 208. The van der Waals surface area contributed by atoms with E-state index in [1.807, 2.05) is 0 Å². The standard InChI is InChI=1S/C8H11Br2N/c1-2-11-5-7(3-9)8(4-10)6-11/h5-6H,2-4H2,1H3. The highest BCUT2D eigenvalue weighted by Gasteiger charge is 2.02. The van der Waals surface area contributed by atoms with Gasteiger partial charge in [-0.1, -0.05) is 31.9 Å². The maximum atomic E-state index is 3.46. The predicted octanol–water partition coefficient (Wildman–Crippen LogP) is 3.30. The molecule has 11 heavy (non-hydrogen) atoms. The Morgan fingerprint density at radius 1 is 1.18 bits per heavy atom. The van der Waals surface area contributed by atoms with Crippen LogP contribution in [0.4, 0.5) is 0 Å². The molecule has 0 aliphatic heterocycles. The molecule has 0 aromatic carbocycles. The molecule has 0 saturated carbocycles. The zero-order valence-corrected chi connectivity index (χ0v) is 9.65. The van der Waals surface area contributed by atoms with Crippen molar-refractivity contribution in [2.45, 2.75) is 24.1 Å². The fourth-order valence-electron chi connectivity index (χ4n) is 1.03. The number of hydrogen-bond acceptors (Lipinski definition) is 0. The van der Waals surface area contributed by atoms with E-state index in [2.05, 4.69) is 55.7 Å². The summed E-state index contributed by atoms with van der Waals surface area (Å²) in [4.78, 5) is 0. The molecule has 0 unspecified atom stereocenters. The normalized spacial score (nSPS) is 10.5. The van der Waals surface area contributed by atoms with Gasteiger partial charge in [-0.25, -0.2) is 0 Å². The van der Waals surface area contributed by atoms with E-state index < -0.39 is 0 Å². The van der Waals surface area contributed by atoms with Gasteiger partial charge in [0.05, 0.1) is 0 Å². The maximum Gasteiger partial charge on any atom is 0.0301 e. The lowest BCUT2D eigenvalue weighted by Gasteiger charge is -1.91. The van der Waals surface area contributed by atoms with E-state index in [-0.39, 0.29) is 0 Å². The van der Waals surface area contributed by atoms with E-state index in [1.165, 1.54) is 11.1 Å². The highest BCUT2D eigenvalue weighted by molar-refractivity contribution is 9.09. The summed E-state index contributed by atoms with van der Waals surface area (Å²) in [6.45, 7) is 3.20. The molecule has 3 heteroatoms. The van der Waals surface area contributed by atoms with Crippen molar-refractivity contribution in [2.75, 3.05) is 0 Å². The number of rotatable bonds is 3. The Labute approximate surface area is 84.0 Å². The van der Waals surface area contributed by atoms with Gasteiger partial charge in [-0.2, -0.15) is 0 Å². The van der Waals surface area contributed by atoms with E-state index >= 15 is 0 Å². The molecule has 62 valence electrons. The second-order valence-corrected chi connectivity index (χ2v) is 3.53. The quantitative estimate of drug-likeness (QED) is 0.749. The summed E-state index contributed by atoms with van der Waals surface area (Å²) in [7, 11) is 0. The van der Waals surface area contributed by atoms with Crippen LogP contribution in [0.1, 0.15) is 18.1 Å². The molecular weight excluding hydrogens is 270 g/mol. The molecule has 0 bridgehead atoms. The summed E-state index contributed by atoms with van der Waals surface area (Å²) in [5.74, 6) is 0. The third-order valence-electron chi connectivity index (χ3n) is 1.71. The van der Waals surface area contributed by atoms with Crippen LogP contribution in [0.5, 0.6) is 0 Å². The van der Waals surface area contributed by atoms with Crippen molar-refractivity contribution in [1.29, 1.82) is 0 Å². The van der Waals surface area contributed by atoms with Crippen molar-refractivity contribution in [3.63, 3.8) is 0 Å². The molecule has 0 amide bonds. The third-order valence-corrected chi connectivity index (χ3v) is 2.92. The van der Waals surface area contributed by atoms with Crippen LogP contribution in [0.2, 0.25) is 0 Å². The Morgan fingerprint density at radius 2 is 1.64 bits per heavy atom. The fraction of sp³-hybridized carbons (Fsp3) is 0.500. The van der Waals surface area contributed by atoms with Gasteiger partial charge < -0.3 is 4.57 Å². The summed E-state index contributed by atoms with van der Waals surface area (Å²) in [6, 6.07) is 0. The number of halogens is 2. The van der Waals surface area contributed by atoms with Gasteiger partial charge in [-0.05, 0) is 18.1 Å². The third kappa shape index (κ3) is 2.09. The number of aryl methyl sites for hydroxylation is 1. The average Bonchev–Trinajstić information content (AvgIpc) is 2.46. The van der Waals surface area contributed by atoms with Crippen LogP contribution in [0, 0.1) is 0 Å². The second-order valence-electron chi connectivity index (χ2n) is 2.41. The first kappa shape index (κ1) is 9.33. The number of alkyl halides is 2. The molecule has 0 fully saturated rings. The number of aromatic nitrogens is 1. The van der Waals surface area contributed by atoms with Crippen LogP contribution in [-0.4, -0.2) is 4.57 Å². The van der Waals surface area contributed by atoms with E-state index in [0.29, 0.717) is 0 Å². The van der Waals surface area contributed by atoms with E-state index in [0.717, 1.165) is 17.2 Å². The molecule has 0 spiro atoms.